The Balaban J connectivity index is 2.23. The van der Waals surface area contributed by atoms with Crippen LogP contribution < -0.4 is 0 Å². The molecule has 0 aliphatic rings. The number of para-hydroxylation sites is 2. The lowest BCUT2D eigenvalue weighted by molar-refractivity contribution is -0.384. The highest BCUT2D eigenvalue weighted by atomic mass is 19.1. The van der Waals surface area contributed by atoms with Crippen LogP contribution in [-0.2, 0) is 0 Å². The Labute approximate surface area is 106 Å². The average molecular weight is 258 g/mol. The molecule has 94 valence electrons. The fraction of sp³-hybridized carbons (Fsp3) is 0. The van der Waals surface area contributed by atoms with Crippen molar-refractivity contribution >= 4 is 16.8 Å². The van der Waals surface area contributed by atoms with E-state index in [0.717, 1.165) is 12.1 Å². The van der Waals surface area contributed by atoms with Gasteiger partial charge in [0.05, 0.1) is 11.0 Å². The summed E-state index contributed by atoms with van der Waals surface area (Å²) in [5, 5.41) is 10.9. The lowest BCUT2D eigenvalue weighted by Gasteiger charge is -1.98. The molecule has 3 aromatic rings. The van der Waals surface area contributed by atoms with Crippen LogP contribution in [0.25, 0.3) is 22.6 Å². The van der Waals surface area contributed by atoms with Gasteiger partial charge in [-0.3, -0.25) is 10.1 Å². The van der Waals surface area contributed by atoms with Gasteiger partial charge >= 0.3 is 0 Å². The molecule has 0 radical (unpaired) electrons. The van der Waals surface area contributed by atoms with Crippen molar-refractivity contribution in [1.82, 2.24) is 4.98 Å². The fourth-order valence-electron chi connectivity index (χ4n) is 1.82. The number of halogens is 1. The molecule has 0 saturated carbocycles. The predicted octanol–water partition coefficient (Wildman–Crippen LogP) is 3.54. The van der Waals surface area contributed by atoms with Crippen LogP contribution in [0.1, 0.15) is 0 Å². The molecule has 0 fully saturated rings. The summed E-state index contributed by atoms with van der Waals surface area (Å²) < 4.78 is 18.5. The smallest absolute Gasteiger partial charge is 0.284 e. The molecule has 2 aromatic carbocycles. The highest BCUT2D eigenvalue weighted by Crippen LogP contribution is 2.31. The van der Waals surface area contributed by atoms with Gasteiger partial charge in [0.15, 0.2) is 5.58 Å². The summed E-state index contributed by atoms with van der Waals surface area (Å²) in [7, 11) is 0. The van der Waals surface area contributed by atoms with Crippen molar-refractivity contribution in [2.24, 2.45) is 0 Å². The number of oxazole rings is 1. The quantitative estimate of drug-likeness (QED) is 0.520. The Kier molecular flexibility index (Phi) is 2.49. The van der Waals surface area contributed by atoms with E-state index in [9.17, 15) is 14.5 Å². The number of aromatic nitrogens is 1. The van der Waals surface area contributed by atoms with Gasteiger partial charge in [0.25, 0.3) is 5.69 Å². The van der Waals surface area contributed by atoms with E-state index in [1.165, 1.54) is 6.07 Å². The van der Waals surface area contributed by atoms with Gasteiger partial charge in [0, 0.05) is 0 Å². The van der Waals surface area contributed by atoms with E-state index in [4.69, 9.17) is 4.42 Å². The zero-order valence-electron chi connectivity index (χ0n) is 9.54. The maximum atomic E-state index is 13.1. The van der Waals surface area contributed by atoms with Crippen molar-refractivity contribution in [2.45, 2.75) is 0 Å². The standard InChI is InChI=1S/C13H7FN2O3/c14-8-5-6-9(11(7-8)16(17)18)13-15-10-3-1-2-4-12(10)19-13/h1-7H. The predicted molar refractivity (Wildman–Crippen MR) is 66.1 cm³/mol. The van der Waals surface area contributed by atoms with E-state index in [1.807, 2.05) is 0 Å². The molecule has 6 heteroatoms. The zero-order chi connectivity index (χ0) is 13.4. The van der Waals surface area contributed by atoms with Crippen LogP contribution in [0.2, 0.25) is 0 Å². The number of fused-ring (bicyclic) bond motifs is 1. The summed E-state index contributed by atoms with van der Waals surface area (Å²) in [6.07, 6.45) is 0. The molecular formula is C13H7FN2O3. The summed E-state index contributed by atoms with van der Waals surface area (Å²) in [6.45, 7) is 0. The Morgan fingerprint density at radius 3 is 2.74 bits per heavy atom. The summed E-state index contributed by atoms with van der Waals surface area (Å²) in [5.74, 6) is -0.570. The molecule has 1 aromatic heterocycles. The molecule has 0 aliphatic heterocycles. The number of hydrogen-bond donors (Lipinski definition) is 0. The Bertz CT molecular complexity index is 749. The van der Waals surface area contributed by atoms with Crippen LogP contribution >= 0.6 is 0 Å². The number of nitro groups is 1. The highest BCUT2D eigenvalue weighted by Gasteiger charge is 2.20. The van der Waals surface area contributed by atoms with Gasteiger partial charge in [-0.25, -0.2) is 9.37 Å². The lowest BCUT2D eigenvalue weighted by atomic mass is 10.2. The number of benzene rings is 2. The number of rotatable bonds is 2. The van der Waals surface area contributed by atoms with Gasteiger partial charge in [-0.15, -0.1) is 0 Å². The third-order valence-electron chi connectivity index (χ3n) is 2.68. The largest absolute Gasteiger partial charge is 0.436 e. The molecule has 0 amide bonds. The summed E-state index contributed by atoms with van der Waals surface area (Å²) >= 11 is 0. The number of nitro benzene ring substituents is 1. The molecule has 0 atom stereocenters. The van der Waals surface area contributed by atoms with Crippen LogP contribution in [0.15, 0.2) is 46.9 Å². The minimum Gasteiger partial charge on any atom is -0.436 e. The van der Waals surface area contributed by atoms with Gasteiger partial charge in [0.1, 0.15) is 16.9 Å². The van der Waals surface area contributed by atoms with E-state index in [2.05, 4.69) is 4.98 Å². The Morgan fingerprint density at radius 2 is 2.00 bits per heavy atom. The molecule has 3 rings (SSSR count). The van der Waals surface area contributed by atoms with Crippen molar-refractivity contribution in [2.75, 3.05) is 0 Å². The summed E-state index contributed by atoms with van der Waals surface area (Å²) in [5.41, 5.74) is 0.904. The maximum Gasteiger partial charge on any atom is 0.284 e. The minimum absolute atomic E-state index is 0.105. The summed E-state index contributed by atoms with van der Waals surface area (Å²) in [6, 6.07) is 10.3. The van der Waals surface area contributed by atoms with Crippen molar-refractivity contribution in [1.29, 1.82) is 0 Å². The van der Waals surface area contributed by atoms with E-state index in [0.29, 0.717) is 11.1 Å². The molecule has 1 heterocycles. The number of nitrogens with zero attached hydrogens (tertiary/aromatic N) is 2. The highest BCUT2D eigenvalue weighted by molar-refractivity contribution is 5.78. The van der Waals surface area contributed by atoms with Crippen LogP contribution in [0.5, 0.6) is 0 Å². The van der Waals surface area contributed by atoms with Gasteiger partial charge in [0.2, 0.25) is 5.89 Å². The molecule has 0 spiro atoms. The van der Waals surface area contributed by atoms with Gasteiger partial charge in [-0.1, -0.05) is 12.1 Å². The molecule has 19 heavy (non-hydrogen) atoms. The van der Waals surface area contributed by atoms with E-state index in [1.54, 1.807) is 24.3 Å². The first kappa shape index (κ1) is 11.3. The monoisotopic (exact) mass is 258 g/mol. The number of hydrogen-bond acceptors (Lipinski definition) is 4. The van der Waals surface area contributed by atoms with Gasteiger partial charge in [-0.05, 0) is 24.3 Å². The van der Waals surface area contributed by atoms with Gasteiger partial charge < -0.3 is 4.42 Å². The second kappa shape index (κ2) is 4.16. The topological polar surface area (TPSA) is 69.2 Å². The third kappa shape index (κ3) is 1.93. The SMILES string of the molecule is O=[N+]([O-])c1cc(F)ccc1-c1nc2ccccc2o1. The first-order valence-corrected chi connectivity index (χ1v) is 5.45. The van der Waals surface area contributed by atoms with Crippen LogP contribution in [0.3, 0.4) is 0 Å². The van der Waals surface area contributed by atoms with Crippen molar-refractivity contribution in [3.8, 4) is 11.5 Å². The first-order chi connectivity index (χ1) is 9.15. The third-order valence-corrected chi connectivity index (χ3v) is 2.68. The first-order valence-electron chi connectivity index (χ1n) is 5.45. The van der Waals surface area contributed by atoms with Crippen LogP contribution in [-0.4, -0.2) is 9.91 Å². The van der Waals surface area contributed by atoms with E-state index >= 15 is 0 Å². The average Bonchev–Trinajstić information content (AvgIpc) is 2.82. The maximum absolute atomic E-state index is 13.1. The van der Waals surface area contributed by atoms with Crippen LogP contribution in [0, 0.1) is 15.9 Å². The molecule has 0 N–H and O–H groups in total. The van der Waals surface area contributed by atoms with Crippen LogP contribution in [0.4, 0.5) is 10.1 Å². The summed E-state index contributed by atoms with van der Waals surface area (Å²) in [4.78, 5) is 14.4. The molecular weight excluding hydrogens is 251 g/mol. The zero-order valence-corrected chi connectivity index (χ0v) is 9.54. The van der Waals surface area contributed by atoms with Gasteiger partial charge in [-0.2, -0.15) is 0 Å². The lowest BCUT2D eigenvalue weighted by Crippen LogP contribution is -1.93. The second-order valence-electron chi connectivity index (χ2n) is 3.91. The Hall–Kier alpha value is -2.76. The molecule has 0 bridgehead atoms. The molecule has 0 aliphatic carbocycles. The molecule has 0 saturated heterocycles. The fourth-order valence-corrected chi connectivity index (χ4v) is 1.82. The van der Waals surface area contributed by atoms with Crippen molar-refractivity contribution in [3.05, 3.63) is 58.4 Å². The van der Waals surface area contributed by atoms with Crippen molar-refractivity contribution in [3.63, 3.8) is 0 Å². The second-order valence-corrected chi connectivity index (χ2v) is 3.91. The normalized spacial score (nSPS) is 10.8. The molecule has 5 nitrogen and oxygen atoms in total. The molecule has 0 unspecified atom stereocenters. The van der Waals surface area contributed by atoms with E-state index in [-0.39, 0.29) is 17.1 Å². The van der Waals surface area contributed by atoms with Crippen molar-refractivity contribution < 1.29 is 13.7 Å². The Morgan fingerprint density at radius 1 is 1.21 bits per heavy atom. The minimum atomic E-state index is -0.674. The van der Waals surface area contributed by atoms with E-state index < -0.39 is 10.7 Å².